The largest absolute Gasteiger partial charge is 0.496 e. The van der Waals surface area contributed by atoms with Gasteiger partial charge in [0.05, 0.1) is 17.8 Å². The van der Waals surface area contributed by atoms with E-state index in [4.69, 9.17) is 16.3 Å². The summed E-state index contributed by atoms with van der Waals surface area (Å²) in [5, 5.41) is 5.17. The first kappa shape index (κ1) is 15.3. The lowest BCUT2D eigenvalue weighted by atomic mass is 10.0. The number of aromatic nitrogens is 1. The fourth-order valence-electron chi connectivity index (χ4n) is 2.15. The van der Waals surface area contributed by atoms with E-state index in [9.17, 15) is 0 Å². The number of nitrogens with zero attached hydrogens (tertiary/aromatic N) is 1. The minimum atomic E-state index is 0.133. The molecule has 0 saturated carbocycles. The van der Waals surface area contributed by atoms with E-state index in [1.165, 1.54) is 4.88 Å². The summed E-state index contributed by atoms with van der Waals surface area (Å²) in [4.78, 5) is 5.88. The van der Waals surface area contributed by atoms with E-state index in [2.05, 4.69) is 17.2 Å². The monoisotopic (exact) mass is 310 g/mol. The van der Waals surface area contributed by atoms with Crippen molar-refractivity contribution in [3.8, 4) is 5.75 Å². The summed E-state index contributed by atoms with van der Waals surface area (Å²) in [6, 6.07) is 5.83. The quantitative estimate of drug-likeness (QED) is 0.908. The predicted octanol–water partition coefficient (Wildman–Crippen LogP) is 3.93. The summed E-state index contributed by atoms with van der Waals surface area (Å²) in [5.41, 5.74) is 2.17. The number of hydrogen-bond donors (Lipinski definition) is 1. The normalized spacial score (nSPS) is 12.4. The van der Waals surface area contributed by atoms with E-state index >= 15 is 0 Å². The molecule has 0 bridgehead atoms. The minimum Gasteiger partial charge on any atom is -0.496 e. The zero-order chi connectivity index (χ0) is 14.7. The van der Waals surface area contributed by atoms with Gasteiger partial charge in [0, 0.05) is 27.9 Å². The Balaban J connectivity index is 2.30. The highest BCUT2D eigenvalue weighted by Gasteiger charge is 2.17. The molecular weight excluding hydrogens is 292 g/mol. The third-order valence-corrected chi connectivity index (χ3v) is 4.70. The third-order valence-electron chi connectivity index (χ3n) is 3.37. The van der Waals surface area contributed by atoms with E-state index in [0.29, 0.717) is 5.02 Å². The zero-order valence-electron chi connectivity index (χ0n) is 12.2. The molecule has 0 aliphatic heterocycles. The Labute approximate surface area is 129 Å². The molecule has 5 heteroatoms. The van der Waals surface area contributed by atoms with Crippen molar-refractivity contribution in [3.63, 3.8) is 0 Å². The lowest BCUT2D eigenvalue weighted by Crippen LogP contribution is -2.19. The van der Waals surface area contributed by atoms with Gasteiger partial charge in [0.2, 0.25) is 0 Å². The van der Waals surface area contributed by atoms with Crippen LogP contribution in [-0.2, 0) is 6.42 Å². The van der Waals surface area contributed by atoms with Crippen molar-refractivity contribution in [2.45, 2.75) is 26.3 Å². The Kier molecular flexibility index (Phi) is 5.02. The molecule has 1 aromatic heterocycles. The van der Waals surface area contributed by atoms with Gasteiger partial charge in [0.25, 0.3) is 0 Å². The van der Waals surface area contributed by atoms with Crippen LogP contribution in [0.1, 0.15) is 27.2 Å². The second-order valence-electron chi connectivity index (χ2n) is 4.68. The highest BCUT2D eigenvalue weighted by Crippen LogP contribution is 2.31. The average molecular weight is 311 g/mol. The lowest BCUT2D eigenvalue weighted by Gasteiger charge is -2.18. The number of methoxy groups -OCH3 is 1. The molecule has 0 aliphatic rings. The summed E-state index contributed by atoms with van der Waals surface area (Å²) >= 11 is 7.86. The summed E-state index contributed by atoms with van der Waals surface area (Å²) in [6.07, 6.45) is 0.826. The number of benzene rings is 1. The number of thiazole rings is 1. The van der Waals surface area contributed by atoms with Crippen molar-refractivity contribution < 1.29 is 4.74 Å². The summed E-state index contributed by atoms with van der Waals surface area (Å²) < 4.78 is 5.43. The molecule has 0 saturated heterocycles. The molecule has 0 radical (unpaired) electrons. The number of aryl methyl sites for hydroxylation is 2. The minimum absolute atomic E-state index is 0.133. The number of hydrogen-bond acceptors (Lipinski definition) is 4. The van der Waals surface area contributed by atoms with Gasteiger partial charge in [0.1, 0.15) is 5.75 Å². The third kappa shape index (κ3) is 3.32. The molecule has 1 aromatic carbocycles. The summed E-state index contributed by atoms with van der Waals surface area (Å²) in [7, 11) is 3.62. The Morgan fingerprint density at radius 2 is 2.15 bits per heavy atom. The van der Waals surface area contributed by atoms with E-state index in [0.717, 1.165) is 28.4 Å². The predicted molar refractivity (Wildman–Crippen MR) is 85.1 cm³/mol. The van der Waals surface area contributed by atoms with Crippen LogP contribution in [0.25, 0.3) is 0 Å². The molecule has 1 atom stereocenters. The van der Waals surface area contributed by atoms with Crippen LogP contribution in [-0.4, -0.2) is 19.1 Å². The standard InChI is InChI=1S/C15H19ClN2OS/c1-9-10(2)20-15(18-9)8-13(17-3)12-7-11(16)5-6-14(12)19-4/h5-7,13,17H,8H2,1-4H3. The van der Waals surface area contributed by atoms with Crippen LogP contribution in [0.5, 0.6) is 5.75 Å². The van der Waals surface area contributed by atoms with E-state index < -0.39 is 0 Å². The maximum Gasteiger partial charge on any atom is 0.123 e. The van der Waals surface area contributed by atoms with Crippen molar-refractivity contribution in [1.82, 2.24) is 10.3 Å². The van der Waals surface area contributed by atoms with Crippen molar-refractivity contribution >= 4 is 22.9 Å². The Bertz CT molecular complexity index is 578. The first-order valence-corrected chi connectivity index (χ1v) is 7.68. The number of nitrogens with one attached hydrogen (secondary N) is 1. The molecule has 20 heavy (non-hydrogen) atoms. The summed E-state index contributed by atoms with van der Waals surface area (Å²) in [6.45, 7) is 4.15. The molecule has 0 aliphatic carbocycles. The van der Waals surface area contributed by atoms with Crippen molar-refractivity contribution in [2.75, 3.05) is 14.2 Å². The van der Waals surface area contributed by atoms with Crippen LogP contribution in [0.2, 0.25) is 5.02 Å². The fourth-order valence-corrected chi connectivity index (χ4v) is 3.31. The molecule has 0 amide bonds. The molecule has 1 heterocycles. The van der Waals surface area contributed by atoms with Gasteiger partial charge in [-0.05, 0) is 39.1 Å². The van der Waals surface area contributed by atoms with Gasteiger partial charge < -0.3 is 10.1 Å². The second kappa shape index (κ2) is 6.57. The first-order valence-electron chi connectivity index (χ1n) is 6.48. The maximum atomic E-state index is 6.11. The molecule has 0 fully saturated rings. The first-order chi connectivity index (χ1) is 9.55. The average Bonchev–Trinajstić information content (AvgIpc) is 2.75. The Hall–Kier alpha value is -1.10. The fraction of sp³-hybridized carbons (Fsp3) is 0.400. The van der Waals surface area contributed by atoms with Crippen molar-refractivity contribution in [3.05, 3.63) is 44.4 Å². The van der Waals surface area contributed by atoms with Crippen LogP contribution in [0, 0.1) is 13.8 Å². The maximum absolute atomic E-state index is 6.11. The van der Waals surface area contributed by atoms with Crippen LogP contribution in [0.3, 0.4) is 0 Å². The van der Waals surface area contributed by atoms with Gasteiger partial charge in [-0.1, -0.05) is 11.6 Å². The van der Waals surface area contributed by atoms with Crippen LogP contribution < -0.4 is 10.1 Å². The van der Waals surface area contributed by atoms with Crippen LogP contribution in [0.4, 0.5) is 0 Å². The topological polar surface area (TPSA) is 34.2 Å². The highest BCUT2D eigenvalue weighted by molar-refractivity contribution is 7.11. The summed E-state index contributed by atoms with van der Waals surface area (Å²) in [5.74, 6) is 0.846. The molecule has 1 N–H and O–H groups in total. The molecule has 2 rings (SSSR count). The van der Waals surface area contributed by atoms with Gasteiger partial charge in [0.15, 0.2) is 0 Å². The molecule has 3 nitrogen and oxygen atoms in total. The number of halogens is 1. The Morgan fingerprint density at radius 3 is 2.70 bits per heavy atom. The van der Waals surface area contributed by atoms with Gasteiger partial charge in [-0.3, -0.25) is 0 Å². The number of rotatable bonds is 5. The van der Waals surface area contributed by atoms with Crippen molar-refractivity contribution in [1.29, 1.82) is 0 Å². The molecule has 2 aromatic rings. The van der Waals surface area contributed by atoms with Crippen LogP contribution in [0.15, 0.2) is 18.2 Å². The second-order valence-corrected chi connectivity index (χ2v) is 6.41. The molecule has 108 valence electrons. The lowest BCUT2D eigenvalue weighted by molar-refractivity contribution is 0.401. The van der Waals surface area contributed by atoms with Gasteiger partial charge in [-0.25, -0.2) is 4.98 Å². The van der Waals surface area contributed by atoms with E-state index in [1.54, 1.807) is 18.4 Å². The van der Waals surface area contributed by atoms with Gasteiger partial charge >= 0.3 is 0 Å². The SMILES string of the molecule is CNC(Cc1nc(C)c(C)s1)c1cc(Cl)ccc1OC. The Morgan fingerprint density at radius 1 is 1.40 bits per heavy atom. The molecule has 0 spiro atoms. The zero-order valence-corrected chi connectivity index (χ0v) is 13.7. The van der Waals surface area contributed by atoms with E-state index in [1.807, 2.05) is 32.2 Å². The van der Waals surface area contributed by atoms with Crippen LogP contribution >= 0.6 is 22.9 Å². The molecule has 1 unspecified atom stereocenters. The highest BCUT2D eigenvalue weighted by atomic mass is 35.5. The van der Waals surface area contributed by atoms with Crippen molar-refractivity contribution in [2.24, 2.45) is 0 Å². The smallest absolute Gasteiger partial charge is 0.123 e. The molecular formula is C15H19ClN2OS. The number of likely N-dealkylation sites (N-methyl/N-ethyl adjacent to an activating group) is 1. The number of ether oxygens (including phenoxy) is 1. The van der Waals surface area contributed by atoms with Gasteiger partial charge in [-0.2, -0.15) is 0 Å². The van der Waals surface area contributed by atoms with E-state index in [-0.39, 0.29) is 6.04 Å². The van der Waals surface area contributed by atoms with Gasteiger partial charge in [-0.15, -0.1) is 11.3 Å².